The Labute approximate surface area is 156 Å². The summed E-state index contributed by atoms with van der Waals surface area (Å²) in [5, 5.41) is 5.72. The molecule has 0 saturated carbocycles. The van der Waals surface area contributed by atoms with Gasteiger partial charge in [0.05, 0.1) is 27.9 Å². The van der Waals surface area contributed by atoms with E-state index in [9.17, 15) is 14.4 Å². The Morgan fingerprint density at radius 1 is 1.19 bits per heavy atom. The number of imide groups is 1. The van der Waals surface area contributed by atoms with Crippen LogP contribution in [0.2, 0.25) is 0 Å². The molecule has 7 heteroatoms. The van der Waals surface area contributed by atoms with Gasteiger partial charge >= 0.3 is 0 Å². The minimum Gasteiger partial charge on any atom is -0.344 e. The highest BCUT2D eigenvalue weighted by Gasteiger charge is 2.42. The lowest BCUT2D eigenvalue weighted by atomic mass is 10.0. The smallest absolute Gasteiger partial charge is 0.262 e. The maximum absolute atomic E-state index is 12.6. The molecule has 3 amide bonds. The van der Waals surface area contributed by atoms with Gasteiger partial charge in [0, 0.05) is 16.5 Å². The molecule has 1 aliphatic heterocycles. The molecule has 6 nitrogen and oxygen atoms in total. The fourth-order valence-electron chi connectivity index (χ4n) is 2.92. The predicted molar refractivity (Wildman–Crippen MR) is 99.4 cm³/mol. The van der Waals surface area contributed by atoms with Gasteiger partial charge in [0.1, 0.15) is 0 Å². The molecular formula is C19H21N3O3S. The maximum Gasteiger partial charge on any atom is 0.262 e. The van der Waals surface area contributed by atoms with E-state index in [2.05, 4.69) is 10.3 Å². The van der Waals surface area contributed by atoms with Crippen LogP contribution < -0.4 is 5.32 Å². The van der Waals surface area contributed by atoms with Crippen LogP contribution in [0.15, 0.2) is 23.6 Å². The second-order valence-corrected chi connectivity index (χ2v) is 8.43. The highest BCUT2D eigenvalue weighted by atomic mass is 32.1. The first-order valence-corrected chi connectivity index (χ1v) is 9.23. The first kappa shape index (κ1) is 18.3. The molecule has 2 heterocycles. The summed E-state index contributed by atoms with van der Waals surface area (Å²) in [7, 11) is 0. The summed E-state index contributed by atoms with van der Waals surface area (Å²) in [6.07, 6.45) is 0. The van der Waals surface area contributed by atoms with Gasteiger partial charge in [-0.1, -0.05) is 0 Å². The van der Waals surface area contributed by atoms with Crippen molar-refractivity contribution in [2.45, 2.75) is 46.2 Å². The molecule has 0 saturated heterocycles. The molecule has 1 N–H and O–H groups in total. The molecule has 1 aromatic carbocycles. The normalized spacial score (nSPS) is 15.2. The van der Waals surface area contributed by atoms with Gasteiger partial charge in [0.15, 0.2) is 0 Å². The molecule has 0 aliphatic carbocycles. The van der Waals surface area contributed by atoms with E-state index in [0.29, 0.717) is 11.1 Å². The quantitative estimate of drug-likeness (QED) is 0.839. The third kappa shape index (κ3) is 3.14. The third-order valence-corrected chi connectivity index (χ3v) is 5.04. The van der Waals surface area contributed by atoms with Crippen molar-refractivity contribution in [3.63, 3.8) is 0 Å². The number of nitrogens with one attached hydrogen (secondary N) is 1. The second kappa shape index (κ2) is 6.32. The van der Waals surface area contributed by atoms with E-state index in [-0.39, 0.29) is 29.3 Å². The van der Waals surface area contributed by atoms with Crippen molar-refractivity contribution in [3.8, 4) is 0 Å². The van der Waals surface area contributed by atoms with Crippen molar-refractivity contribution in [2.75, 3.05) is 0 Å². The van der Waals surface area contributed by atoms with Crippen molar-refractivity contribution >= 4 is 29.1 Å². The lowest BCUT2D eigenvalue weighted by molar-refractivity contribution is 0.0507. The maximum atomic E-state index is 12.6. The standard InChI is InChI=1S/C19H21N3O3S/c1-10(15-9-26-11(2)21-15)20-16(23)12-6-7-13-14(8-12)18(25)22(17(13)24)19(3,4)5/h6-10H,1-5H3,(H,20,23). The van der Waals surface area contributed by atoms with E-state index in [4.69, 9.17) is 0 Å². The van der Waals surface area contributed by atoms with Gasteiger partial charge in [-0.15, -0.1) is 11.3 Å². The lowest BCUT2D eigenvalue weighted by Gasteiger charge is -2.29. The number of aromatic nitrogens is 1. The molecule has 1 unspecified atom stereocenters. The van der Waals surface area contributed by atoms with Crippen molar-refractivity contribution in [1.29, 1.82) is 0 Å². The number of carbonyl (C=O) groups excluding carboxylic acids is 3. The van der Waals surface area contributed by atoms with Gasteiger partial charge < -0.3 is 5.32 Å². The average molecular weight is 371 g/mol. The van der Waals surface area contributed by atoms with Crippen molar-refractivity contribution in [1.82, 2.24) is 15.2 Å². The molecule has 0 spiro atoms. The fraction of sp³-hybridized carbons (Fsp3) is 0.368. The van der Waals surface area contributed by atoms with Crippen LogP contribution in [0.1, 0.15) is 75.5 Å². The van der Waals surface area contributed by atoms with Gasteiger partial charge in [0.2, 0.25) is 0 Å². The number of fused-ring (bicyclic) bond motifs is 1. The Bertz CT molecular complexity index is 911. The van der Waals surface area contributed by atoms with Crippen LogP contribution in [-0.2, 0) is 0 Å². The van der Waals surface area contributed by atoms with Gasteiger partial charge in [0.25, 0.3) is 17.7 Å². The van der Waals surface area contributed by atoms with E-state index in [1.807, 2.05) is 19.2 Å². The number of benzene rings is 1. The Morgan fingerprint density at radius 3 is 2.42 bits per heavy atom. The molecule has 3 rings (SSSR count). The second-order valence-electron chi connectivity index (χ2n) is 7.36. The van der Waals surface area contributed by atoms with Gasteiger partial charge in [-0.05, 0) is 52.8 Å². The molecule has 0 bridgehead atoms. The summed E-state index contributed by atoms with van der Waals surface area (Å²) in [5.41, 5.74) is 1.14. The summed E-state index contributed by atoms with van der Waals surface area (Å²) in [6.45, 7) is 9.18. The molecule has 26 heavy (non-hydrogen) atoms. The van der Waals surface area contributed by atoms with Gasteiger partial charge in [-0.3, -0.25) is 19.3 Å². The number of rotatable bonds is 3. The van der Waals surface area contributed by atoms with Gasteiger partial charge in [-0.2, -0.15) is 0 Å². The molecule has 136 valence electrons. The zero-order valence-electron chi connectivity index (χ0n) is 15.4. The molecular weight excluding hydrogens is 350 g/mol. The minimum atomic E-state index is -0.618. The Hall–Kier alpha value is -2.54. The highest BCUT2D eigenvalue weighted by molar-refractivity contribution is 7.09. The van der Waals surface area contributed by atoms with Crippen LogP contribution in [0.3, 0.4) is 0 Å². The number of hydrogen-bond acceptors (Lipinski definition) is 5. The highest BCUT2D eigenvalue weighted by Crippen LogP contribution is 2.30. The molecule has 1 aromatic heterocycles. The number of amides is 3. The SMILES string of the molecule is Cc1nc(C(C)NC(=O)c2ccc3c(c2)C(=O)N(C(C)(C)C)C3=O)cs1. The topological polar surface area (TPSA) is 79.4 Å². The Balaban J connectivity index is 1.84. The zero-order valence-corrected chi connectivity index (χ0v) is 16.2. The van der Waals surface area contributed by atoms with Crippen molar-refractivity contribution in [3.05, 3.63) is 51.0 Å². The number of carbonyl (C=O) groups is 3. The number of nitrogens with zero attached hydrogens (tertiary/aromatic N) is 2. The largest absolute Gasteiger partial charge is 0.344 e. The van der Waals surface area contributed by atoms with Crippen molar-refractivity contribution in [2.24, 2.45) is 0 Å². The van der Waals surface area contributed by atoms with E-state index in [0.717, 1.165) is 10.7 Å². The average Bonchev–Trinajstić information content (AvgIpc) is 3.09. The minimum absolute atomic E-state index is 0.246. The summed E-state index contributed by atoms with van der Waals surface area (Å²) in [4.78, 5) is 43.3. The Kier molecular flexibility index (Phi) is 4.44. The molecule has 1 aliphatic rings. The van der Waals surface area contributed by atoms with Crippen LogP contribution in [-0.4, -0.2) is 33.1 Å². The summed E-state index contributed by atoms with van der Waals surface area (Å²) in [6, 6.07) is 4.37. The Morgan fingerprint density at radius 2 is 1.85 bits per heavy atom. The number of thiazole rings is 1. The summed E-state index contributed by atoms with van der Waals surface area (Å²) < 4.78 is 0. The van der Waals surface area contributed by atoms with Crippen LogP contribution in [0.25, 0.3) is 0 Å². The first-order valence-electron chi connectivity index (χ1n) is 8.35. The van der Waals surface area contributed by atoms with Crippen LogP contribution in [0.5, 0.6) is 0 Å². The molecule has 2 aromatic rings. The first-order chi connectivity index (χ1) is 12.1. The van der Waals surface area contributed by atoms with E-state index >= 15 is 0 Å². The van der Waals surface area contributed by atoms with E-state index in [1.54, 1.807) is 32.9 Å². The lowest BCUT2D eigenvalue weighted by Crippen LogP contribution is -2.45. The van der Waals surface area contributed by atoms with Crippen LogP contribution >= 0.6 is 11.3 Å². The van der Waals surface area contributed by atoms with Crippen molar-refractivity contribution < 1.29 is 14.4 Å². The number of hydrogen-bond donors (Lipinski definition) is 1. The van der Waals surface area contributed by atoms with Gasteiger partial charge in [-0.25, -0.2) is 4.98 Å². The van der Waals surface area contributed by atoms with E-state index in [1.165, 1.54) is 22.3 Å². The van der Waals surface area contributed by atoms with Crippen LogP contribution in [0, 0.1) is 6.92 Å². The predicted octanol–water partition coefficient (Wildman–Crippen LogP) is 3.34. The molecule has 0 fully saturated rings. The third-order valence-electron chi connectivity index (χ3n) is 4.25. The summed E-state index contributed by atoms with van der Waals surface area (Å²) >= 11 is 1.52. The monoisotopic (exact) mass is 371 g/mol. The fourth-order valence-corrected chi connectivity index (χ4v) is 3.63. The molecule has 1 atom stereocenters. The van der Waals surface area contributed by atoms with Crippen LogP contribution in [0.4, 0.5) is 0 Å². The summed E-state index contributed by atoms with van der Waals surface area (Å²) in [5.74, 6) is -0.994. The number of aryl methyl sites for hydroxylation is 1. The van der Waals surface area contributed by atoms with E-state index < -0.39 is 5.54 Å². The zero-order chi connectivity index (χ0) is 19.2. The molecule has 0 radical (unpaired) electrons.